The second-order valence-electron chi connectivity index (χ2n) is 4.62. The minimum atomic E-state index is -4.71. The maximum atomic E-state index is 13.3. The van der Waals surface area contributed by atoms with Gasteiger partial charge in [-0.2, -0.15) is 13.2 Å². The molecule has 0 aliphatic heterocycles. The Morgan fingerprint density at radius 1 is 1.19 bits per heavy atom. The van der Waals surface area contributed by atoms with Crippen molar-refractivity contribution in [1.82, 2.24) is 4.98 Å². The summed E-state index contributed by atoms with van der Waals surface area (Å²) in [6.45, 7) is 1.65. The van der Waals surface area contributed by atoms with Crippen LogP contribution in [0.2, 0.25) is 0 Å². The van der Waals surface area contributed by atoms with Gasteiger partial charge in [0.15, 0.2) is 0 Å². The van der Waals surface area contributed by atoms with Gasteiger partial charge in [-0.15, -0.1) is 0 Å². The quantitative estimate of drug-likeness (QED) is 0.837. The first-order valence-electron chi connectivity index (χ1n) is 5.97. The topological polar surface area (TPSA) is 59.1 Å². The second kappa shape index (κ2) is 5.33. The number of hydrogen-bond donors (Lipinski definition) is 2. The van der Waals surface area contributed by atoms with E-state index in [1.807, 2.05) is 0 Å². The number of nitrogens with zero attached hydrogens (tertiary/aromatic N) is 1. The van der Waals surface area contributed by atoms with Gasteiger partial charge < -0.3 is 10.8 Å². The number of nitrogen functional groups attached to an aromatic ring is 1. The third-order valence-electron chi connectivity index (χ3n) is 2.99. The molecule has 0 fully saturated rings. The van der Waals surface area contributed by atoms with Crippen LogP contribution in [-0.2, 0) is 6.18 Å². The van der Waals surface area contributed by atoms with E-state index in [1.54, 1.807) is 6.92 Å². The van der Waals surface area contributed by atoms with E-state index < -0.39 is 29.2 Å². The monoisotopic (exact) mass is 300 g/mol. The number of aliphatic hydroxyl groups is 1. The van der Waals surface area contributed by atoms with Gasteiger partial charge in [0, 0.05) is 17.3 Å². The SMILES string of the molecule is Cc1cnc(N)c(C(O)c2cc(F)ccc2C(F)(F)F)c1. The lowest BCUT2D eigenvalue weighted by atomic mass is 9.96. The molecule has 0 amide bonds. The van der Waals surface area contributed by atoms with Crippen LogP contribution in [0.15, 0.2) is 30.5 Å². The second-order valence-corrected chi connectivity index (χ2v) is 4.62. The van der Waals surface area contributed by atoms with Crippen LogP contribution in [0.3, 0.4) is 0 Å². The van der Waals surface area contributed by atoms with Crippen molar-refractivity contribution in [2.24, 2.45) is 0 Å². The first-order chi connectivity index (χ1) is 9.70. The molecule has 0 spiro atoms. The summed E-state index contributed by atoms with van der Waals surface area (Å²) in [6.07, 6.45) is -5.01. The molecule has 112 valence electrons. The summed E-state index contributed by atoms with van der Waals surface area (Å²) in [4.78, 5) is 3.78. The molecule has 1 heterocycles. The van der Waals surface area contributed by atoms with E-state index in [4.69, 9.17) is 5.73 Å². The van der Waals surface area contributed by atoms with Gasteiger partial charge in [0.25, 0.3) is 0 Å². The first kappa shape index (κ1) is 15.2. The molecule has 0 bridgehead atoms. The molecule has 7 heteroatoms. The van der Waals surface area contributed by atoms with E-state index in [0.29, 0.717) is 23.8 Å². The third-order valence-corrected chi connectivity index (χ3v) is 2.99. The molecule has 1 atom stereocenters. The fourth-order valence-corrected chi connectivity index (χ4v) is 2.01. The minimum Gasteiger partial charge on any atom is -0.383 e. The van der Waals surface area contributed by atoms with Crippen LogP contribution in [0.1, 0.15) is 28.4 Å². The maximum Gasteiger partial charge on any atom is 0.416 e. The Morgan fingerprint density at radius 3 is 2.48 bits per heavy atom. The summed E-state index contributed by atoms with van der Waals surface area (Å²) in [7, 11) is 0. The van der Waals surface area contributed by atoms with Gasteiger partial charge in [0.05, 0.1) is 5.56 Å². The Hall–Kier alpha value is -2.15. The van der Waals surface area contributed by atoms with Gasteiger partial charge in [-0.1, -0.05) is 0 Å². The molecule has 0 aliphatic carbocycles. The maximum absolute atomic E-state index is 13.3. The molecule has 0 saturated carbocycles. The molecule has 0 saturated heterocycles. The lowest BCUT2D eigenvalue weighted by Crippen LogP contribution is -2.14. The number of nitrogens with two attached hydrogens (primary N) is 1. The molecule has 21 heavy (non-hydrogen) atoms. The molecule has 1 unspecified atom stereocenters. The zero-order chi connectivity index (χ0) is 15.8. The smallest absolute Gasteiger partial charge is 0.383 e. The van der Waals surface area contributed by atoms with E-state index >= 15 is 0 Å². The largest absolute Gasteiger partial charge is 0.416 e. The van der Waals surface area contributed by atoms with Crippen LogP contribution < -0.4 is 5.73 Å². The van der Waals surface area contributed by atoms with Crippen LogP contribution in [-0.4, -0.2) is 10.1 Å². The molecule has 2 aromatic rings. The highest BCUT2D eigenvalue weighted by atomic mass is 19.4. The van der Waals surface area contributed by atoms with E-state index in [2.05, 4.69) is 4.98 Å². The van der Waals surface area contributed by atoms with Crippen LogP contribution in [0.4, 0.5) is 23.4 Å². The number of pyridine rings is 1. The molecule has 1 aromatic carbocycles. The van der Waals surface area contributed by atoms with Crippen LogP contribution in [0.5, 0.6) is 0 Å². The Bertz CT molecular complexity index is 671. The molecule has 1 aromatic heterocycles. The average Bonchev–Trinajstić information content (AvgIpc) is 2.39. The van der Waals surface area contributed by atoms with Gasteiger partial charge in [-0.05, 0) is 36.8 Å². The summed E-state index contributed by atoms with van der Waals surface area (Å²) in [5, 5.41) is 10.2. The number of rotatable bonds is 2. The van der Waals surface area contributed by atoms with Crippen LogP contribution in [0, 0.1) is 12.7 Å². The molecular weight excluding hydrogens is 288 g/mol. The molecule has 2 rings (SSSR count). The van der Waals surface area contributed by atoms with Crippen molar-refractivity contribution in [3.05, 3.63) is 58.5 Å². The summed E-state index contributed by atoms with van der Waals surface area (Å²) in [5.41, 5.74) is 4.49. The summed E-state index contributed by atoms with van der Waals surface area (Å²) in [5.74, 6) is -0.985. The average molecular weight is 300 g/mol. The minimum absolute atomic E-state index is 0.00565. The first-order valence-corrected chi connectivity index (χ1v) is 5.97. The molecule has 0 aliphatic rings. The van der Waals surface area contributed by atoms with Crippen molar-refractivity contribution in [2.75, 3.05) is 5.73 Å². The standard InChI is InChI=1S/C14H12F4N2O/c1-7-4-10(13(19)20-6-7)12(21)9-5-8(15)2-3-11(9)14(16,17)18/h2-6,12,21H,1H3,(H2,19,20). The van der Waals surface area contributed by atoms with Gasteiger partial charge in [-0.3, -0.25) is 0 Å². The lowest BCUT2D eigenvalue weighted by molar-refractivity contribution is -0.139. The molecule has 3 N–H and O–H groups in total. The lowest BCUT2D eigenvalue weighted by Gasteiger charge is -2.19. The summed E-state index contributed by atoms with van der Waals surface area (Å²) >= 11 is 0. The Morgan fingerprint density at radius 2 is 1.86 bits per heavy atom. The van der Waals surface area contributed by atoms with Gasteiger partial charge in [-0.25, -0.2) is 9.37 Å². The van der Waals surface area contributed by atoms with Gasteiger partial charge in [0.1, 0.15) is 17.7 Å². The van der Waals surface area contributed by atoms with Crippen molar-refractivity contribution < 1.29 is 22.7 Å². The number of alkyl halides is 3. The highest BCUT2D eigenvalue weighted by Crippen LogP contribution is 2.37. The van der Waals surface area contributed by atoms with Crippen molar-refractivity contribution in [3.8, 4) is 0 Å². The molecule has 0 radical (unpaired) electrons. The Balaban J connectivity index is 2.60. The number of benzene rings is 1. The van der Waals surface area contributed by atoms with Crippen LogP contribution in [0.25, 0.3) is 0 Å². The highest BCUT2D eigenvalue weighted by molar-refractivity contribution is 5.48. The van der Waals surface area contributed by atoms with Crippen LogP contribution >= 0.6 is 0 Å². The van der Waals surface area contributed by atoms with Crippen molar-refractivity contribution >= 4 is 5.82 Å². The summed E-state index contributed by atoms with van der Waals surface area (Å²) < 4.78 is 52.1. The fraction of sp³-hybridized carbons (Fsp3) is 0.214. The number of halogens is 4. The summed E-state index contributed by atoms with van der Waals surface area (Å²) in [6, 6.07) is 3.34. The van der Waals surface area contributed by atoms with E-state index in [0.717, 1.165) is 0 Å². The highest BCUT2D eigenvalue weighted by Gasteiger charge is 2.36. The molecule has 3 nitrogen and oxygen atoms in total. The zero-order valence-corrected chi connectivity index (χ0v) is 10.9. The van der Waals surface area contributed by atoms with Gasteiger partial charge in [0.2, 0.25) is 0 Å². The Kier molecular flexibility index (Phi) is 3.87. The predicted octanol–water partition coefficient (Wildman–Crippen LogP) is 3.21. The number of aryl methyl sites for hydroxylation is 1. The number of anilines is 1. The third kappa shape index (κ3) is 3.13. The Labute approximate surface area is 118 Å². The normalized spacial score (nSPS) is 13.2. The van der Waals surface area contributed by atoms with Gasteiger partial charge >= 0.3 is 6.18 Å². The zero-order valence-electron chi connectivity index (χ0n) is 10.9. The van der Waals surface area contributed by atoms with Crippen molar-refractivity contribution in [2.45, 2.75) is 19.2 Å². The molecular formula is C14H12F4N2O. The van der Waals surface area contributed by atoms with Crippen molar-refractivity contribution in [3.63, 3.8) is 0 Å². The number of hydrogen-bond acceptors (Lipinski definition) is 3. The fourth-order valence-electron chi connectivity index (χ4n) is 2.01. The van der Waals surface area contributed by atoms with E-state index in [9.17, 15) is 22.7 Å². The predicted molar refractivity (Wildman–Crippen MR) is 68.9 cm³/mol. The van der Waals surface area contributed by atoms with Crippen molar-refractivity contribution in [1.29, 1.82) is 0 Å². The van der Waals surface area contributed by atoms with E-state index in [-0.39, 0.29) is 11.4 Å². The number of aromatic nitrogens is 1. The van der Waals surface area contributed by atoms with E-state index in [1.165, 1.54) is 12.3 Å². The number of aliphatic hydroxyl groups excluding tert-OH is 1.